The molecule has 2 saturated heterocycles. The lowest BCUT2D eigenvalue weighted by molar-refractivity contribution is -0.141. The van der Waals surface area contributed by atoms with Gasteiger partial charge in [-0.15, -0.1) is 0 Å². The van der Waals surface area contributed by atoms with Crippen LogP contribution in [0.2, 0.25) is 0 Å². The van der Waals surface area contributed by atoms with Gasteiger partial charge < -0.3 is 10.6 Å². The van der Waals surface area contributed by atoms with Crippen LogP contribution >= 0.6 is 0 Å². The number of hydrogen-bond acceptors (Lipinski definition) is 3. The first kappa shape index (κ1) is 14.6. The Bertz CT molecular complexity index is 321. The van der Waals surface area contributed by atoms with Gasteiger partial charge in [0.05, 0.1) is 6.04 Å². The quantitative estimate of drug-likeness (QED) is 0.801. The number of nitrogens with zero attached hydrogens (tertiary/aromatic N) is 1. The Morgan fingerprint density at radius 1 is 1.47 bits per heavy atom. The number of halogens is 3. The van der Waals surface area contributed by atoms with Gasteiger partial charge in [-0.3, -0.25) is 9.69 Å². The summed E-state index contributed by atoms with van der Waals surface area (Å²) in [4.78, 5) is 13.7. The van der Waals surface area contributed by atoms with E-state index in [4.69, 9.17) is 0 Å². The second-order valence-corrected chi connectivity index (χ2v) is 5.43. The van der Waals surface area contributed by atoms with Crippen molar-refractivity contribution in [2.45, 2.75) is 38.0 Å². The van der Waals surface area contributed by atoms with Crippen LogP contribution in [0.25, 0.3) is 0 Å². The molecule has 2 N–H and O–H groups in total. The van der Waals surface area contributed by atoms with E-state index in [1.54, 1.807) is 6.92 Å². The molecule has 0 radical (unpaired) electrons. The lowest BCUT2D eigenvalue weighted by Crippen LogP contribution is -2.47. The van der Waals surface area contributed by atoms with E-state index in [2.05, 4.69) is 5.32 Å². The van der Waals surface area contributed by atoms with E-state index in [-0.39, 0.29) is 0 Å². The standard InChI is InChI=1S/C12H20F3N3O/c1-8(11(19)17-7-12(13,14)15)18-5-9-3-2-4-16-10(9)6-18/h8-10,16H,2-7H2,1H3,(H,17,19)/t8?,9-,10+/m0/s1. The summed E-state index contributed by atoms with van der Waals surface area (Å²) < 4.78 is 36.2. The largest absolute Gasteiger partial charge is 0.405 e. The third-order valence-electron chi connectivity index (χ3n) is 4.02. The highest BCUT2D eigenvalue weighted by Gasteiger charge is 2.38. The van der Waals surface area contributed by atoms with Crippen LogP contribution in [-0.4, -0.2) is 55.2 Å². The number of carbonyl (C=O) groups is 1. The number of nitrogens with one attached hydrogen (secondary N) is 2. The van der Waals surface area contributed by atoms with Gasteiger partial charge in [0, 0.05) is 19.1 Å². The average Bonchev–Trinajstić information content (AvgIpc) is 2.77. The molecule has 0 spiro atoms. The van der Waals surface area contributed by atoms with Crippen LogP contribution in [0.4, 0.5) is 13.2 Å². The van der Waals surface area contributed by atoms with E-state index in [1.165, 1.54) is 0 Å². The number of carbonyl (C=O) groups excluding carboxylic acids is 1. The van der Waals surface area contributed by atoms with Crippen LogP contribution in [0.3, 0.4) is 0 Å². The molecule has 0 aromatic carbocycles. The summed E-state index contributed by atoms with van der Waals surface area (Å²) >= 11 is 0. The normalized spacial score (nSPS) is 29.9. The smallest absolute Gasteiger partial charge is 0.346 e. The van der Waals surface area contributed by atoms with Crippen molar-refractivity contribution in [3.05, 3.63) is 0 Å². The molecule has 0 aromatic rings. The van der Waals surface area contributed by atoms with Gasteiger partial charge in [0.15, 0.2) is 0 Å². The Balaban J connectivity index is 1.83. The Kier molecular flexibility index (Phi) is 4.35. The average molecular weight is 279 g/mol. The van der Waals surface area contributed by atoms with Crippen molar-refractivity contribution in [2.24, 2.45) is 5.92 Å². The second kappa shape index (κ2) is 5.66. The first-order chi connectivity index (χ1) is 8.87. The predicted octanol–water partition coefficient (Wildman–Crippen LogP) is 0.737. The number of amides is 1. The summed E-state index contributed by atoms with van der Waals surface area (Å²) in [6, 6.07) is -0.124. The Labute approximate surface area is 110 Å². The van der Waals surface area contributed by atoms with Gasteiger partial charge in [-0.25, -0.2) is 0 Å². The monoisotopic (exact) mass is 279 g/mol. The molecule has 2 rings (SSSR count). The minimum atomic E-state index is -4.35. The van der Waals surface area contributed by atoms with E-state index in [9.17, 15) is 18.0 Å². The lowest BCUT2D eigenvalue weighted by atomic mass is 9.94. The maximum Gasteiger partial charge on any atom is 0.405 e. The van der Waals surface area contributed by atoms with E-state index >= 15 is 0 Å². The molecular weight excluding hydrogens is 259 g/mol. The van der Waals surface area contributed by atoms with Crippen molar-refractivity contribution in [1.82, 2.24) is 15.5 Å². The molecule has 110 valence electrons. The van der Waals surface area contributed by atoms with E-state index < -0.39 is 24.7 Å². The van der Waals surface area contributed by atoms with Crippen molar-refractivity contribution in [1.29, 1.82) is 0 Å². The van der Waals surface area contributed by atoms with Gasteiger partial charge in [0.25, 0.3) is 0 Å². The fourth-order valence-corrected chi connectivity index (χ4v) is 2.90. The first-order valence-electron chi connectivity index (χ1n) is 6.69. The van der Waals surface area contributed by atoms with Crippen molar-refractivity contribution in [3.63, 3.8) is 0 Å². The fraction of sp³-hybridized carbons (Fsp3) is 0.917. The third kappa shape index (κ3) is 3.82. The highest BCUT2D eigenvalue weighted by Crippen LogP contribution is 2.26. The van der Waals surface area contributed by atoms with Gasteiger partial charge in [0.2, 0.25) is 5.91 Å². The van der Waals surface area contributed by atoms with Gasteiger partial charge in [-0.2, -0.15) is 13.2 Å². The van der Waals surface area contributed by atoms with Crippen molar-refractivity contribution >= 4 is 5.91 Å². The van der Waals surface area contributed by atoms with Crippen molar-refractivity contribution < 1.29 is 18.0 Å². The number of rotatable bonds is 3. The molecule has 2 heterocycles. The van der Waals surface area contributed by atoms with Crippen LogP contribution in [0, 0.1) is 5.92 Å². The predicted molar refractivity (Wildman–Crippen MR) is 64.6 cm³/mol. The molecule has 1 unspecified atom stereocenters. The molecule has 0 bridgehead atoms. The molecule has 4 nitrogen and oxygen atoms in total. The molecule has 19 heavy (non-hydrogen) atoms. The SMILES string of the molecule is CC(C(=O)NCC(F)(F)F)N1C[C@@H]2CCCN[C@@H]2C1. The number of likely N-dealkylation sites (tertiary alicyclic amines) is 1. The van der Waals surface area contributed by atoms with Gasteiger partial charge in [0.1, 0.15) is 6.54 Å². The topological polar surface area (TPSA) is 44.4 Å². The maximum atomic E-state index is 12.1. The van der Waals surface area contributed by atoms with Gasteiger partial charge in [-0.05, 0) is 32.2 Å². The van der Waals surface area contributed by atoms with Crippen LogP contribution in [-0.2, 0) is 4.79 Å². The molecule has 2 aliphatic heterocycles. The minimum absolute atomic E-state index is 0.381. The summed E-state index contributed by atoms with van der Waals surface area (Å²) in [7, 11) is 0. The number of hydrogen-bond donors (Lipinski definition) is 2. The molecule has 0 aromatic heterocycles. The zero-order chi connectivity index (χ0) is 14.0. The molecule has 1 amide bonds. The maximum absolute atomic E-state index is 12.1. The zero-order valence-corrected chi connectivity index (χ0v) is 11.0. The van der Waals surface area contributed by atoms with Crippen molar-refractivity contribution in [2.75, 3.05) is 26.2 Å². The van der Waals surface area contributed by atoms with Crippen LogP contribution < -0.4 is 10.6 Å². The molecule has 3 atom stereocenters. The number of piperidine rings is 1. The number of alkyl halides is 3. The van der Waals surface area contributed by atoms with Crippen LogP contribution in [0.5, 0.6) is 0 Å². The molecule has 2 aliphatic rings. The Hall–Kier alpha value is -0.820. The van der Waals surface area contributed by atoms with Gasteiger partial charge in [-0.1, -0.05) is 0 Å². The summed E-state index contributed by atoms with van der Waals surface area (Å²) in [5, 5.41) is 5.36. The zero-order valence-electron chi connectivity index (χ0n) is 11.0. The molecule has 0 saturated carbocycles. The molecular formula is C12H20F3N3O. The highest BCUT2D eigenvalue weighted by molar-refractivity contribution is 5.81. The first-order valence-corrected chi connectivity index (χ1v) is 6.69. The summed E-state index contributed by atoms with van der Waals surface area (Å²) in [6.45, 7) is 2.94. The molecule has 7 heteroatoms. The minimum Gasteiger partial charge on any atom is -0.346 e. The van der Waals surface area contributed by atoms with E-state index in [0.29, 0.717) is 12.0 Å². The second-order valence-electron chi connectivity index (χ2n) is 5.43. The fourth-order valence-electron chi connectivity index (χ4n) is 2.90. The Morgan fingerprint density at radius 2 is 2.21 bits per heavy atom. The van der Waals surface area contributed by atoms with E-state index in [1.807, 2.05) is 10.2 Å². The van der Waals surface area contributed by atoms with Crippen molar-refractivity contribution in [3.8, 4) is 0 Å². The summed E-state index contributed by atoms with van der Waals surface area (Å²) in [6.07, 6.45) is -2.09. The summed E-state index contributed by atoms with van der Waals surface area (Å²) in [5.74, 6) is -0.0254. The lowest BCUT2D eigenvalue weighted by Gasteiger charge is -2.25. The summed E-state index contributed by atoms with van der Waals surface area (Å²) in [5.41, 5.74) is 0. The number of fused-ring (bicyclic) bond motifs is 1. The third-order valence-corrected chi connectivity index (χ3v) is 4.02. The van der Waals surface area contributed by atoms with Crippen LogP contribution in [0.15, 0.2) is 0 Å². The van der Waals surface area contributed by atoms with Gasteiger partial charge >= 0.3 is 6.18 Å². The molecule has 2 fully saturated rings. The van der Waals surface area contributed by atoms with Crippen LogP contribution in [0.1, 0.15) is 19.8 Å². The molecule has 0 aliphatic carbocycles. The van der Waals surface area contributed by atoms with E-state index in [0.717, 1.165) is 32.5 Å². The Morgan fingerprint density at radius 3 is 2.84 bits per heavy atom. The highest BCUT2D eigenvalue weighted by atomic mass is 19.4.